The van der Waals surface area contributed by atoms with E-state index in [1.54, 1.807) is 0 Å². The van der Waals surface area contributed by atoms with Gasteiger partial charge >= 0.3 is 5.97 Å². The van der Waals surface area contributed by atoms with E-state index in [4.69, 9.17) is 10.8 Å². The third kappa shape index (κ3) is 17.6. The van der Waals surface area contributed by atoms with Gasteiger partial charge in [-0.05, 0) is 32.1 Å². The Morgan fingerprint density at radius 2 is 1.36 bits per heavy atom. The lowest BCUT2D eigenvalue weighted by atomic mass is 10.1. The SMILES string of the molecule is CCCCCCCCC=CCCCCCCCC(=O)N[C@@H](CC(N)=O)C(=O)O. The van der Waals surface area contributed by atoms with Crippen molar-refractivity contribution in [1.82, 2.24) is 5.32 Å². The Bertz CT molecular complexity index is 463. The third-order valence-electron chi connectivity index (χ3n) is 4.70. The molecule has 0 saturated heterocycles. The highest BCUT2D eigenvalue weighted by molar-refractivity contribution is 5.88. The number of hydrogen-bond acceptors (Lipinski definition) is 3. The zero-order valence-electron chi connectivity index (χ0n) is 17.6. The Morgan fingerprint density at radius 3 is 1.86 bits per heavy atom. The monoisotopic (exact) mass is 396 g/mol. The molecule has 0 fully saturated rings. The summed E-state index contributed by atoms with van der Waals surface area (Å²) in [7, 11) is 0. The van der Waals surface area contributed by atoms with Crippen LogP contribution in [0.3, 0.4) is 0 Å². The van der Waals surface area contributed by atoms with Crippen molar-refractivity contribution in [3.63, 3.8) is 0 Å². The summed E-state index contributed by atoms with van der Waals surface area (Å²) in [6.07, 6.45) is 19.9. The number of carbonyl (C=O) groups excluding carboxylic acids is 2. The van der Waals surface area contributed by atoms with E-state index in [0.717, 1.165) is 32.1 Å². The van der Waals surface area contributed by atoms with Crippen molar-refractivity contribution in [3.8, 4) is 0 Å². The molecule has 2 amide bonds. The van der Waals surface area contributed by atoms with E-state index < -0.39 is 17.9 Å². The number of carboxylic acids is 1. The molecule has 0 bridgehead atoms. The molecule has 6 nitrogen and oxygen atoms in total. The zero-order valence-corrected chi connectivity index (χ0v) is 17.6. The van der Waals surface area contributed by atoms with E-state index in [-0.39, 0.29) is 18.7 Å². The van der Waals surface area contributed by atoms with Gasteiger partial charge in [0.15, 0.2) is 0 Å². The summed E-state index contributed by atoms with van der Waals surface area (Å²) in [5, 5.41) is 11.3. The second-order valence-corrected chi connectivity index (χ2v) is 7.46. The van der Waals surface area contributed by atoms with Crippen LogP contribution in [0, 0.1) is 0 Å². The molecule has 0 aromatic rings. The number of nitrogens with one attached hydrogen (secondary N) is 1. The first-order chi connectivity index (χ1) is 13.5. The average Bonchev–Trinajstić information content (AvgIpc) is 2.64. The van der Waals surface area contributed by atoms with E-state index in [9.17, 15) is 14.4 Å². The Labute approximate surface area is 170 Å². The fourth-order valence-corrected chi connectivity index (χ4v) is 3.02. The van der Waals surface area contributed by atoms with Crippen molar-refractivity contribution in [2.24, 2.45) is 5.73 Å². The quantitative estimate of drug-likeness (QED) is 0.221. The molecule has 0 rings (SSSR count). The number of rotatable bonds is 19. The number of amides is 2. The maximum Gasteiger partial charge on any atom is 0.326 e. The number of nitrogens with two attached hydrogens (primary N) is 1. The maximum atomic E-state index is 11.7. The maximum absolute atomic E-state index is 11.7. The first kappa shape index (κ1) is 26.1. The third-order valence-corrected chi connectivity index (χ3v) is 4.70. The summed E-state index contributed by atoms with van der Waals surface area (Å²) < 4.78 is 0. The van der Waals surface area contributed by atoms with Gasteiger partial charge in [0.05, 0.1) is 6.42 Å². The second-order valence-electron chi connectivity index (χ2n) is 7.46. The van der Waals surface area contributed by atoms with Gasteiger partial charge in [-0.1, -0.05) is 70.4 Å². The van der Waals surface area contributed by atoms with Crippen LogP contribution in [0.25, 0.3) is 0 Å². The largest absolute Gasteiger partial charge is 0.480 e. The summed E-state index contributed by atoms with van der Waals surface area (Å²) >= 11 is 0. The summed E-state index contributed by atoms with van der Waals surface area (Å²) in [5.74, 6) is -2.32. The number of carboxylic acid groups (broad SMARTS) is 1. The normalized spacial score (nSPS) is 12.2. The first-order valence-corrected chi connectivity index (χ1v) is 10.9. The highest BCUT2D eigenvalue weighted by atomic mass is 16.4. The molecule has 0 heterocycles. The molecule has 0 saturated carbocycles. The predicted octanol–water partition coefficient (Wildman–Crippen LogP) is 4.47. The molecule has 162 valence electrons. The molecule has 0 aliphatic rings. The Balaban J connectivity index is 3.51. The van der Waals surface area contributed by atoms with Crippen molar-refractivity contribution in [2.45, 2.75) is 109 Å². The van der Waals surface area contributed by atoms with E-state index >= 15 is 0 Å². The second kappa shape index (κ2) is 18.5. The molecule has 1 atom stereocenters. The van der Waals surface area contributed by atoms with Gasteiger partial charge in [-0.15, -0.1) is 0 Å². The summed E-state index contributed by atoms with van der Waals surface area (Å²) in [5.41, 5.74) is 4.98. The van der Waals surface area contributed by atoms with Crippen molar-refractivity contribution in [3.05, 3.63) is 12.2 Å². The number of carbonyl (C=O) groups is 3. The lowest BCUT2D eigenvalue weighted by molar-refractivity contribution is -0.143. The smallest absolute Gasteiger partial charge is 0.326 e. The Kier molecular flexibility index (Phi) is 17.3. The van der Waals surface area contributed by atoms with Crippen LogP contribution in [0.4, 0.5) is 0 Å². The van der Waals surface area contributed by atoms with Gasteiger partial charge in [0.2, 0.25) is 11.8 Å². The molecule has 4 N–H and O–H groups in total. The van der Waals surface area contributed by atoms with Gasteiger partial charge in [0.25, 0.3) is 0 Å². The molecule has 0 aliphatic heterocycles. The van der Waals surface area contributed by atoms with Gasteiger partial charge in [-0.2, -0.15) is 0 Å². The number of unbranched alkanes of at least 4 members (excludes halogenated alkanes) is 11. The number of allylic oxidation sites excluding steroid dienone is 2. The number of hydrogen-bond donors (Lipinski definition) is 3. The fraction of sp³-hybridized carbons (Fsp3) is 0.773. The highest BCUT2D eigenvalue weighted by Crippen LogP contribution is 2.10. The van der Waals surface area contributed by atoms with Crippen molar-refractivity contribution in [1.29, 1.82) is 0 Å². The van der Waals surface area contributed by atoms with Gasteiger partial charge in [-0.3, -0.25) is 9.59 Å². The minimum atomic E-state index is -1.24. The van der Waals surface area contributed by atoms with Crippen molar-refractivity contribution < 1.29 is 19.5 Å². The molecule has 0 unspecified atom stereocenters. The van der Waals surface area contributed by atoms with E-state index in [0.29, 0.717) is 0 Å². The standard InChI is InChI=1S/C22H40N2O4/c1-2-3-4-5-6-7-8-9-10-11-12-13-14-15-16-17-21(26)24-19(22(27)28)18-20(23)25/h9-10,19H,2-8,11-18H2,1H3,(H2,23,25)(H,24,26)(H,27,28)/t19-/m0/s1. The van der Waals surface area contributed by atoms with Crippen LogP contribution in [0.1, 0.15) is 103 Å². The predicted molar refractivity (Wildman–Crippen MR) is 113 cm³/mol. The molecule has 0 aromatic carbocycles. The minimum absolute atomic E-state index is 0.278. The molecule has 0 aliphatic carbocycles. The van der Waals surface area contributed by atoms with E-state index in [1.807, 2.05) is 0 Å². The molecule has 0 spiro atoms. The van der Waals surface area contributed by atoms with Gasteiger partial charge in [-0.25, -0.2) is 4.79 Å². The minimum Gasteiger partial charge on any atom is -0.480 e. The molecular formula is C22H40N2O4. The topological polar surface area (TPSA) is 109 Å². The van der Waals surface area contributed by atoms with Gasteiger partial charge < -0.3 is 16.2 Å². The fourth-order valence-electron chi connectivity index (χ4n) is 3.02. The molecular weight excluding hydrogens is 356 g/mol. The van der Waals surface area contributed by atoms with Crippen LogP contribution in [-0.2, 0) is 14.4 Å². The summed E-state index contributed by atoms with van der Waals surface area (Å²) in [4.78, 5) is 33.5. The van der Waals surface area contributed by atoms with Crippen molar-refractivity contribution >= 4 is 17.8 Å². The average molecular weight is 397 g/mol. The highest BCUT2D eigenvalue weighted by Gasteiger charge is 2.21. The van der Waals surface area contributed by atoms with Crippen LogP contribution >= 0.6 is 0 Å². The van der Waals surface area contributed by atoms with Crippen LogP contribution < -0.4 is 11.1 Å². The number of aliphatic carboxylic acids is 1. The van der Waals surface area contributed by atoms with Crippen molar-refractivity contribution in [2.75, 3.05) is 0 Å². The number of primary amides is 1. The van der Waals surface area contributed by atoms with Crippen LogP contribution in [0.15, 0.2) is 12.2 Å². The van der Waals surface area contributed by atoms with Gasteiger partial charge in [0.1, 0.15) is 6.04 Å². The Hall–Kier alpha value is -1.85. The van der Waals surface area contributed by atoms with Crippen LogP contribution in [0.2, 0.25) is 0 Å². The summed E-state index contributed by atoms with van der Waals surface area (Å²) in [6, 6.07) is -1.23. The van der Waals surface area contributed by atoms with Gasteiger partial charge in [0, 0.05) is 6.42 Å². The van der Waals surface area contributed by atoms with E-state index in [2.05, 4.69) is 24.4 Å². The molecule has 6 heteroatoms. The molecule has 28 heavy (non-hydrogen) atoms. The Morgan fingerprint density at radius 1 is 0.857 bits per heavy atom. The molecule has 0 radical (unpaired) electrons. The van der Waals surface area contributed by atoms with Crippen LogP contribution in [0.5, 0.6) is 0 Å². The van der Waals surface area contributed by atoms with E-state index in [1.165, 1.54) is 51.4 Å². The molecule has 0 aromatic heterocycles. The lowest BCUT2D eigenvalue weighted by Crippen LogP contribution is -2.43. The lowest BCUT2D eigenvalue weighted by Gasteiger charge is -2.12. The summed E-state index contributed by atoms with van der Waals surface area (Å²) in [6.45, 7) is 2.24. The first-order valence-electron chi connectivity index (χ1n) is 10.9. The zero-order chi connectivity index (χ0) is 21.0. The van der Waals surface area contributed by atoms with Crippen LogP contribution in [-0.4, -0.2) is 28.9 Å².